The van der Waals surface area contributed by atoms with E-state index in [4.69, 9.17) is 5.84 Å². The minimum Gasteiger partial charge on any atom is -0.337 e. The highest BCUT2D eigenvalue weighted by molar-refractivity contribution is 5.92. The van der Waals surface area contributed by atoms with E-state index in [2.05, 4.69) is 24.3 Å². The second-order valence-electron chi connectivity index (χ2n) is 5.89. The number of nitrogen functional groups attached to an aromatic ring is 1. The molecule has 5 nitrogen and oxygen atoms in total. The predicted molar refractivity (Wildman–Crippen MR) is 75.6 cm³/mol. The van der Waals surface area contributed by atoms with E-state index in [1.165, 1.54) is 6.42 Å². The maximum atomic E-state index is 12.4. The molecule has 0 unspecified atom stereocenters. The van der Waals surface area contributed by atoms with Crippen LogP contribution in [0.3, 0.4) is 0 Å². The molecule has 0 aliphatic carbocycles. The zero-order valence-electron chi connectivity index (χ0n) is 11.6. The molecule has 1 saturated heterocycles. The molecule has 19 heavy (non-hydrogen) atoms. The SMILES string of the molecule is CC1(C)CCCN(C(=O)c2ccc(NN)cn2)CC1. The molecule has 0 spiro atoms. The molecule has 3 N–H and O–H groups in total. The summed E-state index contributed by atoms with van der Waals surface area (Å²) in [6, 6.07) is 3.48. The average Bonchev–Trinajstić information content (AvgIpc) is 2.59. The number of hydrogen-bond donors (Lipinski definition) is 2. The predicted octanol–water partition coefficient (Wildman–Crippen LogP) is 2.02. The molecule has 2 rings (SSSR count). The van der Waals surface area contributed by atoms with Gasteiger partial charge in [0.25, 0.3) is 5.91 Å². The normalized spacial score (nSPS) is 18.8. The number of aromatic nitrogens is 1. The third-order valence-corrected chi connectivity index (χ3v) is 3.78. The average molecular weight is 262 g/mol. The Balaban J connectivity index is 2.06. The van der Waals surface area contributed by atoms with Crippen LogP contribution >= 0.6 is 0 Å². The molecule has 1 fully saturated rings. The standard InChI is InChI=1S/C14H22N4O/c1-14(2)6-3-8-18(9-7-14)13(19)12-5-4-11(17-15)10-16-12/h4-5,10,17H,3,6-9,15H2,1-2H3. The van der Waals surface area contributed by atoms with Gasteiger partial charge in [0, 0.05) is 13.1 Å². The van der Waals surface area contributed by atoms with E-state index >= 15 is 0 Å². The van der Waals surface area contributed by atoms with Gasteiger partial charge in [0.2, 0.25) is 0 Å². The monoisotopic (exact) mass is 262 g/mol. The molecule has 1 aliphatic rings. The number of anilines is 1. The second kappa shape index (κ2) is 5.57. The summed E-state index contributed by atoms with van der Waals surface area (Å²) in [4.78, 5) is 18.4. The fraction of sp³-hybridized carbons (Fsp3) is 0.571. The number of rotatable bonds is 2. The summed E-state index contributed by atoms with van der Waals surface area (Å²) in [7, 11) is 0. The molecule has 1 aromatic rings. The maximum Gasteiger partial charge on any atom is 0.272 e. The summed E-state index contributed by atoms with van der Waals surface area (Å²) >= 11 is 0. The molecule has 2 heterocycles. The number of nitrogens with one attached hydrogen (secondary N) is 1. The van der Waals surface area contributed by atoms with E-state index in [0.717, 1.165) is 25.9 Å². The van der Waals surface area contributed by atoms with Crippen molar-refractivity contribution in [3.63, 3.8) is 0 Å². The van der Waals surface area contributed by atoms with Gasteiger partial charge in [-0.05, 0) is 36.8 Å². The topological polar surface area (TPSA) is 71.2 Å². The Kier molecular flexibility index (Phi) is 4.04. The molecule has 0 saturated carbocycles. The number of carbonyl (C=O) groups excluding carboxylic acids is 1. The van der Waals surface area contributed by atoms with Crippen molar-refractivity contribution in [1.82, 2.24) is 9.88 Å². The minimum atomic E-state index is 0.0151. The minimum absolute atomic E-state index is 0.0151. The molecule has 0 radical (unpaired) electrons. The molecule has 0 aromatic carbocycles. The summed E-state index contributed by atoms with van der Waals surface area (Å²) in [5.41, 5.74) is 4.02. The van der Waals surface area contributed by atoms with Gasteiger partial charge in [0.1, 0.15) is 5.69 Å². The first-order valence-electron chi connectivity index (χ1n) is 6.74. The van der Waals surface area contributed by atoms with Crippen LogP contribution in [-0.4, -0.2) is 28.9 Å². The third-order valence-electron chi connectivity index (χ3n) is 3.78. The van der Waals surface area contributed by atoms with Crippen LogP contribution in [0.4, 0.5) is 5.69 Å². The van der Waals surface area contributed by atoms with Crippen LogP contribution in [0.15, 0.2) is 18.3 Å². The van der Waals surface area contributed by atoms with Crippen molar-refractivity contribution < 1.29 is 4.79 Å². The van der Waals surface area contributed by atoms with E-state index in [1.54, 1.807) is 18.3 Å². The number of pyridine rings is 1. The van der Waals surface area contributed by atoms with Crippen LogP contribution in [-0.2, 0) is 0 Å². The maximum absolute atomic E-state index is 12.4. The molecular formula is C14H22N4O. The Morgan fingerprint density at radius 2 is 2.16 bits per heavy atom. The van der Waals surface area contributed by atoms with E-state index in [9.17, 15) is 4.79 Å². The molecule has 104 valence electrons. The lowest BCUT2D eigenvalue weighted by Gasteiger charge is -2.23. The van der Waals surface area contributed by atoms with Gasteiger partial charge in [-0.25, -0.2) is 4.98 Å². The Morgan fingerprint density at radius 1 is 1.37 bits per heavy atom. The van der Waals surface area contributed by atoms with Gasteiger partial charge in [0.05, 0.1) is 11.9 Å². The van der Waals surface area contributed by atoms with Crippen molar-refractivity contribution in [3.05, 3.63) is 24.0 Å². The third kappa shape index (κ3) is 3.44. The van der Waals surface area contributed by atoms with Crippen LogP contribution in [0.2, 0.25) is 0 Å². The van der Waals surface area contributed by atoms with Crippen molar-refractivity contribution >= 4 is 11.6 Å². The first-order valence-corrected chi connectivity index (χ1v) is 6.74. The van der Waals surface area contributed by atoms with Crippen LogP contribution < -0.4 is 11.3 Å². The Hall–Kier alpha value is -1.62. The number of nitrogens with two attached hydrogens (primary N) is 1. The van der Waals surface area contributed by atoms with Crippen molar-refractivity contribution in [1.29, 1.82) is 0 Å². The van der Waals surface area contributed by atoms with Gasteiger partial charge in [-0.2, -0.15) is 0 Å². The van der Waals surface area contributed by atoms with E-state index in [-0.39, 0.29) is 5.91 Å². The van der Waals surface area contributed by atoms with Crippen LogP contribution in [0, 0.1) is 5.41 Å². The fourth-order valence-corrected chi connectivity index (χ4v) is 2.39. The van der Waals surface area contributed by atoms with Crippen molar-refractivity contribution in [2.24, 2.45) is 11.3 Å². The fourth-order valence-electron chi connectivity index (χ4n) is 2.39. The molecule has 1 aromatic heterocycles. The molecule has 0 atom stereocenters. The highest BCUT2D eigenvalue weighted by Crippen LogP contribution is 2.30. The number of carbonyl (C=O) groups is 1. The lowest BCUT2D eigenvalue weighted by molar-refractivity contribution is 0.0751. The Bertz CT molecular complexity index is 441. The second-order valence-corrected chi connectivity index (χ2v) is 5.89. The molecule has 5 heteroatoms. The van der Waals surface area contributed by atoms with Crippen LogP contribution in [0.25, 0.3) is 0 Å². The van der Waals surface area contributed by atoms with Gasteiger partial charge >= 0.3 is 0 Å². The molecule has 1 aliphatic heterocycles. The highest BCUT2D eigenvalue weighted by Gasteiger charge is 2.26. The van der Waals surface area contributed by atoms with E-state index in [0.29, 0.717) is 16.8 Å². The van der Waals surface area contributed by atoms with Crippen molar-refractivity contribution in [2.45, 2.75) is 33.1 Å². The number of nitrogens with zero attached hydrogens (tertiary/aromatic N) is 2. The molecule has 1 amide bonds. The number of amides is 1. The largest absolute Gasteiger partial charge is 0.337 e. The van der Waals surface area contributed by atoms with Crippen molar-refractivity contribution in [2.75, 3.05) is 18.5 Å². The first-order chi connectivity index (χ1) is 9.02. The highest BCUT2D eigenvalue weighted by atomic mass is 16.2. The first kappa shape index (κ1) is 13.8. The number of likely N-dealkylation sites (tertiary alicyclic amines) is 1. The van der Waals surface area contributed by atoms with Gasteiger partial charge in [-0.3, -0.25) is 10.6 Å². The van der Waals surface area contributed by atoms with Crippen molar-refractivity contribution in [3.8, 4) is 0 Å². The smallest absolute Gasteiger partial charge is 0.272 e. The van der Waals surface area contributed by atoms with Gasteiger partial charge in [-0.15, -0.1) is 0 Å². The summed E-state index contributed by atoms with van der Waals surface area (Å²) in [5, 5.41) is 0. The van der Waals surface area contributed by atoms with E-state index < -0.39 is 0 Å². The number of hydrogen-bond acceptors (Lipinski definition) is 4. The summed E-state index contributed by atoms with van der Waals surface area (Å²) in [6.45, 7) is 6.16. The number of hydrazine groups is 1. The van der Waals surface area contributed by atoms with Gasteiger partial charge in [0.15, 0.2) is 0 Å². The molecular weight excluding hydrogens is 240 g/mol. The Labute approximate surface area is 114 Å². The van der Waals surface area contributed by atoms with E-state index in [1.807, 2.05) is 4.90 Å². The van der Waals surface area contributed by atoms with Crippen LogP contribution in [0.1, 0.15) is 43.6 Å². The van der Waals surface area contributed by atoms with Crippen LogP contribution in [0.5, 0.6) is 0 Å². The summed E-state index contributed by atoms with van der Waals surface area (Å²) in [6.07, 6.45) is 4.84. The lowest BCUT2D eigenvalue weighted by Crippen LogP contribution is -2.33. The zero-order valence-corrected chi connectivity index (χ0v) is 11.6. The molecule has 0 bridgehead atoms. The van der Waals surface area contributed by atoms with Gasteiger partial charge in [-0.1, -0.05) is 13.8 Å². The van der Waals surface area contributed by atoms with Gasteiger partial charge < -0.3 is 10.3 Å². The lowest BCUT2D eigenvalue weighted by atomic mass is 9.85. The zero-order chi connectivity index (χ0) is 13.9. The quantitative estimate of drug-likeness (QED) is 0.632. The summed E-state index contributed by atoms with van der Waals surface area (Å²) < 4.78 is 0. The Morgan fingerprint density at radius 3 is 2.79 bits per heavy atom. The summed E-state index contributed by atoms with van der Waals surface area (Å²) in [5.74, 6) is 5.30.